The zero-order valence-electron chi connectivity index (χ0n) is 14.6. The van der Waals surface area contributed by atoms with Gasteiger partial charge in [0.1, 0.15) is 0 Å². The molecular weight excluding hydrogens is 359 g/mol. The van der Waals surface area contributed by atoms with Gasteiger partial charge >= 0.3 is 0 Å². The molecule has 25 heavy (non-hydrogen) atoms. The van der Waals surface area contributed by atoms with Gasteiger partial charge in [0, 0.05) is 12.6 Å². The van der Waals surface area contributed by atoms with Crippen LogP contribution in [0.1, 0.15) is 41.5 Å². The highest BCUT2D eigenvalue weighted by Gasteiger charge is 2.35. The maximum Gasteiger partial charge on any atom is 0.275 e. The van der Waals surface area contributed by atoms with Gasteiger partial charge in [-0.3, -0.25) is 9.59 Å². The van der Waals surface area contributed by atoms with Crippen molar-refractivity contribution >= 4 is 35.0 Å². The Morgan fingerprint density at radius 1 is 0.840 bits per heavy atom. The Balaban J connectivity index is 2.47. The average molecular weight is 379 g/mol. The van der Waals surface area contributed by atoms with Crippen molar-refractivity contribution in [3.63, 3.8) is 0 Å². The lowest BCUT2D eigenvalue weighted by Crippen LogP contribution is -2.56. The fraction of sp³-hybridized carbons (Fsp3) is 0.263. The Bertz CT molecular complexity index is 766. The number of rotatable bonds is 2. The van der Waals surface area contributed by atoms with Crippen LogP contribution in [-0.4, -0.2) is 34.4 Å². The van der Waals surface area contributed by atoms with Gasteiger partial charge in [-0.2, -0.15) is 0 Å². The summed E-state index contributed by atoms with van der Waals surface area (Å²) in [7, 11) is 1.56. The molecule has 0 unspecified atom stereocenters. The highest BCUT2D eigenvalue weighted by Crippen LogP contribution is 2.29. The molecule has 6 heteroatoms. The number of hydrogen-bond acceptors (Lipinski definition) is 2. The summed E-state index contributed by atoms with van der Waals surface area (Å²) in [6.45, 7) is 5.51. The molecule has 0 bridgehead atoms. The molecule has 0 saturated carbocycles. The smallest absolute Gasteiger partial charge is 0.267 e. The van der Waals surface area contributed by atoms with Crippen molar-refractivity contribution in [2.75, 3.05) is 7.05 Å². The molecule has 0 aliphatic heterocycles. The molecule has 0 fully saturated rings. The van der Waals surface area contributed by atoms with Crippen LogP contribution < -0.4 is 0 Å². The molecule has 132 valence electrons. The average Bonchev–Trinajstić information content (AvgIpc) is 2.53. The molecule has 0 radical (unpaired) electrons. The number of hydrogen-bond donors (Lipinski definition) is 0. The van der Waals surface area contributed by atoms with E-state index in [1.54, 1.807) is 49.5 Å². The van der Waals surface area contributed by atoms with Gasteiger partial charge in [0.2, 0.25) is 0 Å². The summed E-state index contributed by atoms with van der Waals surface area (Å²) in [6, 6.07) is 13.6. The van der Waals surface area contributed by atoms with E-state index in [2.05, 4.69) is 0 Å². The van der Waals surface area contributed by atoms with E-state index in [1.165, 1.54) is 10.0 Å². The molecule has 0 atom stereocenters. The highest BCUT2D eigenvalue weighted by atomic mass is 35.5. The number of nitrogens with zero attached hydrogens (tertiary/aromatic N) is 2. The first-order valence-corrected chi connectivity index (χ1v) is 8.51. The van der Waals surface area contributed by atoms with E-state index in [9.17, 15) is 9.59 Å². The third kappa shape index (κ3) is 4.14. The molecule has 0 aromatic heterocycles. The summed E-state index contributed by atoms with van der Waals surface area (Å²) < 4.78 is 0. The Kier molecular flexibility index (Phi) is 5.76. The van der Waals surface area contributed by atoms with Gasteiger partial charge in [0.05, 0.1) is 21.1 Å². The molecule has 0 aliphatic rings. The van der Waals surface area contributed by atoms with Crippen LogP contribution in [0, 0.1) is 0 Å². The monoisotopic (exact) mass is 378 g/mol. The number of carbonyl (C=O) groups excluding carboxylic acids is 2. The minimum atomic E-state index is -0.668. The summed E-state index contributed by atoms with van der Waals surface area (Å²) in [5.74, 6) is -0.734. The second-order valence-corrected chi connectivity index (χ2v) is 7.39. The maximum absolute atomic E-state index is 13.2. The van der Waals surface area contributed by atoms with Crippen molar-refractivity contribution in [3.05, 3.63) is 69.7 Å². The van der Waals surface area contributed by atoms with E-state index < -0.39 is 11.4 Å². The summed E-state index contributed by atoms with van der Waals surface area (Å²) in [4.78, 5) is 26.0. The minimum Gasteiger partial charge on any atom is -0.267 e. The molecule has 4 nitrogen and oxygen atoms in total. The molecular formula is C19H20Cl2N2O2. The summed E-state index contributed by atoms with van der Waals surface area (Å²) in [5, 5.41) is 3.16. The number of benzene rings is 2. The zero-order valence-corrected chi connectivity index (χ0v) is 16.1. The number of halogens is 2. The first kappa shape index (κ1) is 19.3. The minimum absolute atomic E-state index is 0.175. The Morgan fingerprint density at radius 2 is 1.36 bits per heavy atom. The van der Waals surface area contributed by atoms with E-state index in [0.717, 1.165) is 0 Å². The Hall–Kier alpha value is -2.04. The van der Waals surface area contributed by atoms with Gasteiger partial charge in [0.25, 0.3) is 11.8 Å². The van der Waals surface area contributed by atoms with Crippen LogP contribution in [0.2, 0.25) is 10.0 Å². The van der Waals surface area contributed by atoms with Crippen molar-refractivity contribution in [1.29, 1.82) is 0 Å². The van der Waals surface area contributed by atoms with E-state index >= 15 is 0 Å². The highest BCUT2D eigenvalue weighted by molar-refractivity contribution is 6.39. The fourth-order valence-corrected chi connectivity index (χ4v) is 3.12. The van der Waals surface area contributed by atoms with Crippen molar-refractivity contribution in [2.24, 2.45) is 0 Å². The summed E-state index contributed by atoms with van der Waals surface area (Å²) >= 11 is 12.4. The maximum atomic E-state index is 13.2. The Labute approximate surface area is 157 Å². The second-order valence-electron chi connectivity index (χ2n) is 6.58. The molecule has 0 spiro atoms. The summed E-state index contributed by atoms with van der Waals surface area (Å²) in [6.07, 6.45) is 0. The fourth-order valence-electron chi connectivity index (χ4n) is 2.56. The third-order valence-electron chi connectivity index (χ3n) is 3.62. The van der Waals surface area contributed by atoms with Crippen LogP contribution in [0.4, 0.5) is 0 Å². The zero-order chi connectivity index (χ0) is 18.8. The van der Waals surface area contributed by atoms with Gasteiger partial charge in [-0.25, -0.2) is 10.0 Å². The summed E-state index contributed by atoms with van der Waals surface area (Å²) in [5.41, 5.74) is -0.00976. The largest absolute Gasteiger partial charge is 0.275 e. The number of carbonyl (C=O) groups is 2. The SMILES string of the molecule is CN(C(=O)c1ccccc1)N(C(=O)c1c(Cl)cccc1Cl)C(C)(C)C. The van der Waals surface area contributed by atoms with Crippen LogP contribution in [0.3, 0.4) is 0 Å². The molecule has 0 aliphatic carbocycles. The van der Waals surface area contributed by atoms with E-state index in [-0.39, 0.29) is 21.5 Å². The van der Waals surface area contributed by atoms with Crippen molar-refractivity contribution in [3.8, 4) is 0 Å². The lowest BCUT2D eigenvalue weighted by atomic mass is 10.1. The normalized spacial score (nSPS) is 11.1. The first-order chi connectivity index (χ1) is 11.6. The second kappa shape index (κ2) is 7.46. The predicted octanol–water partition coefficient (Wildman–Crippen LogP) is 4.92. The molecule has 0 N–H and O–H groups in total. The Morgan fingerprint density at radius 3 is 1.84 bits per heavy atom. The molecule has 2 aromatic rings. The van der Waals surface area contributed by atoms with Crippen LogP contribution in [0.15, 0.2) is 48.5 Å². The van der Waals surface area contributed by atoms with Crippen molar-refractivity contribution in [2.45, 2.75) is 26.3 Å². The lowest BCUT2D eigenvalue weighted by Gasteiger charge is -2.41. The molecule has 2 amide bonds. The van der Waals surface area contributed by atoms with Crippen LogP contribution >= 0.6 is 23.2 Å². The van der Waals surface area contributed by atoms with Crippen LogP contribution in [0.25, 0.3) is 0 Å². The van der Waals surface area contributed by atoms with Gasteiger partial charge in [-0.05, 0) is 45.0 Å². The molecule has 2 rings (SSSR count). The quantitative estimate of drug-likeness (QED) is 0.695. The van der Waals surface area contributed by atoms with Gasteiger partial charge in [-0.15, -0.1) is 0 Å². The van der Waals surface area contributed by atoms with Crippen molar-refractivity contribution < 1.29 is 9.59 Å². The molecule has 2 aromatic carbocycles. The van der Waals surface area contributed by atoms with Gasteiger partial charge in [-0.1, -0.05) is 47.5 Å². The van der Waals surface area contributed by atoms with E-state index in [0.29, 0.717) is 5.56 Å². The van der Waals surface area contributed by atoms with Gasteiger partial charge < -0.3 is 0 Å². The van der Waals surface area contributed by atoms with Crippen molar-refractivity contribution in [1.82, 2.24) is 10.0 Å². The van der Waals surface area contributed by atoms with E-state index in [4.69, 9.17) is 23.2 Å². The first-order valence-electron chi connectivity index (χ1n) is 7.76. The third-order valence-corrected chi connectivity index (χ3v) is 4.25. The van der Waals surface area contributed by atoms with E-state index in [1.807, 2.05) is 26.8 Å². The molecule has 0 heterocycles. The molecule has 0 saturated heterocycles. The number of hydrazine groups is 1. The van der Waals surface area contributed by atoms with Crippen LogP contribution in [-0.2, 0) is 0 Å². The predicted molar refractivity (Wildman–Crippen MR) is 101 cm³/mol. The number of amides is 2. The standard InChI is InChI=1S/C19H20Cl2N2O2/c1-19(2,3)23(18(25)16-14(20)11-8-12-15(16)21)22(4)17(24)13-9-6-5-7-10-13/h5-12H,1-4H3. The van der Waals surface area contributed by atoms with Gasteiger partial charge in [0.15, 0.2) is 0 Å². The van der Waals surface area contributed by atoms with Crippen LogP contribution in [0.5, 0.6) is 0 Å². The lowest BCUT2D eigenvalue weighted by molar-refractivity contribution is -0.0307. The topological polar surface area (TPSA) is 40.6 Å².